The van der Waals surface area contributed by atoms with Gasteiger partial charge in [0.1, 0.15) is 18.7 Å². The summed E-state index contributed by atoms with van der Waals surface area (Å²) in [7, 11) is 1.55. The largest absolute Gasteiger partial charge is 0.486 e. The fourth-order valence-corrected chi connectivity index (χ4v) is 4.56. The maximum Gasteiger partial charge on any atom is 0.270 e. The molecule has 3 aromatic heterocycles. The Labute approximate surface area is 202 Å². The van der Waals surface area contributed by atoms with Crippen molar-refractivity contribution in [3.8, 4) is 17.4 Å². The van der Waals surface area contributed by atoms with Gasteiger partial charge in [-0.1, -0.05) is 0 Å². The van der Waals surface area contributed by atoms with Crippen molar-refractivity contribution in [2.75, 3.05) is 46.5 Å². The number of methoxy groups -OCH3 is 1. The van der Waals surface area contributed by atoms with Crippen LogP contribution in [0.1, 0.15) is 12.1 Å². The second kappa shape index (κ2) is 10.5. The molecular formula is C24H30N6O5. The molecule has 2 aliphatic rings. The second-order valence-electron chi connectivity index (χ2n) is 8.81. The smallest absolute Gasteiger partial charge is 0.270 e. The van der Waals surface area contributed by atoms with E-state index in [1.54, 1.807) is 30.0 Å². The molecule has 2 aliphatic heterocycles. The molecule has 0 aromatic carbocycles. The topological polar surface area (TPSA) is 124 Å². The van der Waals surface area contributed by atoms with E-state index in [0.717, 1.165) is 24.5 Å². The minimum absolute atomic E-state index is 0.0742. The van der Waals surface area contributed by atoms with Gasteiger partial charge in [-0.3, -0.25) is 14.3 Å². The molecule has 0 bridgehead atoms. The number of hydrogen-bond donors (Lipinski definition) is 2. The summed E-state index contributed by atoms with van der Waals surface area (Å²) in [6.45, 7) is 4.97. The van der Waals surface area contributed by atoms with Gasteiger partial charge in [-0.15, -0.1) is 0 Å². The van der Waals surface area contributed by atoms with Gasteiger partial charge < -0.3 is 29.5 Å². The zero-order valence-corrected chi connectivity index (χ0v) is 19.7. The second-order valence-corrected chi connectivity index (χ2v) is 8.81. The van der Waals surface area contributed by atoms with Crippen molar-refractivity contribution in [1.29, 1.82) is 0 Å². The molecule has 5 heterocycles. The predicted octanol–water partition coefficient (Wildman–Crippen LogP) is 0.439. The third kappa shape index (κ3) is 5.37. The van der Waals surface area contributed by atoms with Crippen molar-refractivity contribution < 1.29 is 19.3 Å². The van der Waals surface area contributed by atoms with Gasteiger partial charge in [0, 0.05) is 57.3 Å². The van der Waals surface area contributed by atoms with E-state index < -0.39 is 0 Å². The van der Waals surface area contributed by atoms with Crippen LogP contribution in [0.15, 0.2) is 35.4 Å². The lowest BCUT2D eigenvalue weighted by atomic mass is 9.94. The van der Waals surface area contributed by atoms with Gasteiger partial charge in [-0.2, -0.15) is 4.98 Å². The molecule has 2 N–H and O–H groups in total. The van der Waals surface area contributed by atoms with E-state index >= 15 is 0 Å². The number of hydrogen-bond acceptors (Lipinski definition) is 10. The molecule has 11 heteroatoms. The number of pyridine rings is 2. The summed E-state index contributed by atoms with van der Waals surface area (Å²) in [5.74, 6) is 1.91. The standard InChI is InChI=1S/C24H30N6O5/c1-33-22-3-2-18-24(28-22)30(23(32)14-27-18)7-6-29-5-4-19(31)16(15-29)11-25-12-17-10-20-21(13-26-17)35-9-8-34-20/h2-3,10,13-14,16,19,25,31H,4-9,11-12,15H2,1H3/t16-,19-/m1/s1. The Morgan fingerprint density at radius 2 is 2.03 bits per heavy atom. The van der Waals surface area contributed by atoms with Crippen molar-refractivity contribution in [3.05, 3.63) is 46.6 Å². The van der Waals surface area contributed by atoms with Gasteiger partial charge in [0.15, 0.2) is 17.1 Å². The highest BCUT2D eigenvalue weighted by molar-refractivity contribution is 5.70. The fraction of sp³-hybridized carbons (Fsp3) is 0.500. The zero-order valence-electron chi connectivity index (χ0n) is 19.7. The third-order valence-corrected chi connectivity index (χ3v) is 6.49. The summed E-state index contributed by atoms with van der Waals surface area (Å²) in [5.41, 5.74) is 1.83. The minimum atomic E-state index is -0.373. The molecular weight excluding hydrogens is 452 g/mol. The van der Waals surface area contributed by atoms with Crippen LogP contribution in [-0.4, -0.2) is 82.1 Å². The van der Waals surface area contributed by atoms with Crippen LogP contribution in [0.5, 0.6) is 17.4 Å². The van der Waals surface area contributed by atoms with Crippen molar-refractivity contribution >= 4 is 11.2 Å². The molecule has 186 valence electrons. The van der Waals surface area contributed by atoms with Crippen LogP contribution in [0.25, 0.3) is 11.2 Å². The lowest BCUT2D eigenvalue weighted by molar-refractivity contribution is 0.0257. The van der Waals surface area contributed by atoms with Crippen molar-refractivity contribution in [2.24, 2.45) is 5.92 Å². The molecule has 1 saturated heterocycles. The molecule has 5 rings (SSSR count). The SMILES string of the molecule is COc1ccc2ncc(=O)n(CCN3CC[C@@H](O)[C@H](CNCc4cc5c(cn4)OCCO5)C3)c2n1. The van der Waals surface area contributed by atoms with Crippen LogP contribution in [0.2, 0.25) is 0 Å². The summed E-state index contributed by atoms with van der Waals surface area (Å²) in [6, 6.07) is 5.42. The number of aromatic nitrogens is 4. The van der Waals surface area contributed by atoms with Crippen LogP contribution in [0.4, 0.5) is 0 Å². The van der Waals surface area contributed by atoms with E-state index in [4.69, 9.17) is 14.2 Å². The predicted molar refractivity (Wildman–Crippen MR) is 128 cm³/mol. The normalized spacial score (nSPS) is 20.2. The number of rotatable bonds is 8. The third-order valence-electron chi connectivity index (χ3n) is 6.49. The first-order chi connectivity index (χ1) is 17.1. The number of likely N-dealkylation sites (tertiary alicyclic amines) is 1. The summed E-state index contributed by atoms with van der Waals surface area (Å²) in [5, 5.41) is 14.0. The highest BCUT2D eigenvalue weighted by atomic mass is 16.6. The van der Waals surface area contributed by atoms with Crippen LogP contribution in [0.3, 0.4) is 0 Å². The number of aliphatic hydroxyl groups is 1. The highest BCUT2D eigenvalue weighted by Gasteiger charge is 2.27. The lowest BCUT2D eigenvalue weighted by Gasteiger charge is -2.36. The van der Waals surface area contributed by atoms with Crippen LogP contribution < -0.4 is 25.1 Å². The first-order valence-electron chi connectivity index (χ1n) is 11.9. The summed E-state index contributed by atoms with van der Waals surface area (Å²) in [4.78, 5) is 27.8. The lowest BCUT2D eigenvalue weighted by Crippen LogP contribution is -2.48. The maximum absolute atomic E-state index is 12.5. The monoisotopic (exact) mass is 482 g/mol. The van der Waals surface area contributed by atoms with Crippen molar-refractivity contribution in [3.63, 3.8) is 0 Å². The van der Waals surface area contributed by atoms with E-state index in [1.807, 2.05) is 6.07 Å². The van der Waals surface area contributed by atoms with Gasteiger partial charge in [-0.25, -0.2) is 4.98 Å². The molecule has 3 aromatic rings. The minimum Gasteiger partial charge on any atom is -0.486 e. The van der Waals surface area contributed by atoms with Gasteiger partial charge in [0.25, 0.3) is 5.56 Å². The van der Waals surface area contributed by atoms with E-state index in [9.17, 15) is 9.90 Å². The molecule has 0 aliphatic carbocycles. The van der Waals surface area contributed by atoms with Crippen LogP contribution in [0, 0.1) is 5.92 Å². The highest BCUT2D eigenvalue weighted by Crippen LogP contribution is 2.29. The Morgan fingerprint density at radius 1 is 1.17 bits per heavy atom. The molecule has 2 atom stereocenters. The van der Waals surface area contributed by atoms with E-state index in [0.29, 0.717) is 68.6 Å². The molecule has 35 heavy (non-hydrogen) atoms. The average Bonchev–Trinajstić information content (AvgIpc) is 2.89. The quantitative estimate of drug-likeness (QED) is 0.467. The Hall–Kier alpha value is -3.28. The van der Waals surface area contributed by atoms with E-state index in [-0.39, 0.29) is 17.6 Å². The van der Waals surface area contributed by atoms with Gasteiger partial charge in [-0.05, 0) is 12.5 Å². The number of fused-ring (bicyclic) bond motifs is 2. The Kier molecular flexibility index (Phi) is 7.07. The van der Waals surface area contributed by atoms with Crippen molar-refractivity contribution in [1.82, 2.24) is 29.7 Å². The first kappa shape index (κ1) is 23.5. The van der Waals surface area contributed by atoms with Gasteiger partial charge >= 0.3 is 0 Å². The van der Waals surface area contributed by atoms with Crippen LogP contribution in [-0.2, 0) is 13.1 Å². The maximum atomic E-state index is 12.5. The number of aliphatic hydroxyl groups excluding tert-OH is 1. The molecule has 1 fully saturated rings. The summed E-state index contributed by atoms with van der Waals surface area (Å²) < 4.78 is 18.0. The molecule has 0 saturated carbocycles. The molecule has 0 spiro atoms. The summed E-state index contributed by atoms with van der Waals surface area (Å²) >= 11 is 0. The Balaban J connectivity index is 1.18. The molecule has 0 radical (unpaired) electrons. The number of nitrogens with zero attached hydrogens (tertiary/aromatic N) is 5. The number of piperidine rings is 1. The molecule has 11 nitrogen and oxygen atoms in total. The Bertz CT molecular complexity index is 1230. The van der Waals surface area contributed by atoms with Crippen LogP contribution >= 0.6 is 0 Å². The average molecular weight is 483 g/mol. The van der Waals surface area contributed by atoms with Gasteiger partial charge in [0.05, 0.1) is 31.3 Å². The fourth-order valence-electron chi connectivity index (χ4n) is 4.56. The summed E-state index contributed by atoms with van der Waals surface area (Å²) in [6.07, 6.45) is 3.34. The number of nitrogens with one attached hydrogen (secondary N) is 1. The zero-order chi connectivity index (χ0) is 24.2. The van der Waals surface area contributed by atoms with E-state index in [2.05, 4.69) is 25.2 Å². The van der Waals surface area contributed by atoms with Gasteiger partial charge in [0.2, 0.25) is 5.88 Å². The van der Waals surface area contributed by atoms with Crippen molar-refractivity contribution in [2.45, 2.75) is 25.6 Å². The van der Waals surface area contributed by atoms with E-state index in [1.165, 1.54) is 6.20 Å². The number of ether oxygens (including phenoxy) is 3. The Morgan fingerprint density at radius 3 is 2.89 bits per heavy atom. The molecule has 0 amide bonds. The molecule has 0 unspecified atom stereocenters. The first-order valence-corrected chi connectivity index (χ1v) is 11.9.